The molecule has 0 saturated carbocycles. The highest BCUT2D eigenvalue weighted by Crippen LogP contribution is 2.25. The number of rotatable bonds is 8. The van der Waals surface area contributed by atoms with Crippen LogP contribution in [0.1, 0.15) is 30.5 Å². The van der Waals surface area contributed by atoms with Crippen molar-refractivity contribution in [2.24, 2.45) is 0 Å². The number of nitrogens with one attached hydrogen (secondary N) is 1. The summed E-state index contributed by atoms with van der Waals surface area (Å²) in [6.07, 6.45) is 1.60. The van der Waals surface area contributed by atoms with E-state index in [-0.39, 0.29) is 14.7 Å². The summed E-state index contributed by atoms with van der Waals surface area (Å²) in [5.74, 6) is 0. The van der Waals surface area contributed by atoms with Crippen molar-refractivity contribution in [2.45, 2.75) is 35.7 Å². The third-order valence-electron chi connectivity index (χ3n) is 5.55. The fraction of sp³-hybridized carbons (Fsp3) is 0.208. The fourth-order valence-electron chi connectivity index (χ4n) is 3.72. The summed E-state index contributed by atoms with van der Waals surface area (Å²) in [4.78, 5) is 12.7. The van der Waals surface area contributed by atoms with Crippen LogP contribution < -0.4 is 9.60 Å². The predicted octanol–water partition coefficient (Wildman–Crippen LogP) is 3.94. The minimum Gasteiger partial charge on any atom is -0.294 e. The van der Waals surface area contributed by atoms with Crippen molar-refractivity contribution in [3.8, 4) is 0 Å². The number of fused-ring (bicyclic) bond motifs is 1. The van der Waals surface area contributed by atoms with Crippen molar-refractivity contribution in [1.29, 1.82) is 0 Å². The minimum absolute atomic E-state index is 0.0688. The van der Waals surface area contributed by atoms with Gasteiger partial charge in [0.2, 0.25) is 10.0 Å². The third kappa shape index (κ3) is 5.15. The van der Waals surface area contributed by atoms with E-state index in [1.807, 2.05) is 37.3 Å². The first kappa shape index (κ1) is 24.3. The highest BCUT2D eigenvalue weighted by molar-refractivity contribution is 7.90. The topological polar surface area (TPSA) is 102 Å². The quantitative estimate of drug-likeness (QED) is 0.382. The van der Waals surface area contributed by atoms with Crippen LogP contribution in [0.2, 0.25) is 0 Å². The molecule has 1 atom stereocenters. The Balaban J connectivity index is 1.62. The van der Waals surface area contributed by atoms with Gasteiger partial charge in [-0.15, -0.1) is 0 Å². The maximum Gasteiger partial charge on any atom is 0.308 e. The molecule has 0 aliphatic carbocycles. The second-order valence-corrected chi connectivity index (χ2v) is 12.7. The Labute approximate surface area is 202 Å². The molecule has 0 aliphatic heterocycles. The van der Waals surface area contributed by atoms with Crippen LogP contribution in [0.15, 0.2) is 87.4 Å². The summed E-state index contributed by atoms with van der Waals surface area (Å²) in [7, 11) is -7.22. The van der Waals surface area contributed by atoms with Crippen molar-refractivity contribution in [3.05, 3.63) is 93.6 Å². The lowest BCUT2D eigenvalue weighted by molar-refractivity contribution is 0.550. The molecular formula is C24H24N2O5S3. The number of benzene rings is 3. The van der Waals surface area contributed by atoms with Gasteiger partial charge in [-0.3, -0.25) is 9.36 Å². The zero-order chi connectivity index (χ0) is 24.5. The molecule has 178 valence electrons. The highest BCUT2D eigenvalue weighted by Gasteiger charge is 2.22. The number of sulfone groups is 1. The first-order valence-electron chi connectivity index (χ1n) is 10.6. The largest absolute Gasteiger partial charge is 0.308 e. The molecule has 4 aromatic rings. The molecule has 10 heteroatoms. The molecule has 3 aromatic carbocycles. The Morgan fingerprint density at radius 2 is 1.56 bits per heavy atom. The molecule has 7 nitrogen and oxygen atoms in total. The summed E-state index contributed by atoms with van der Waals surface area (Å²) in [6, 6.07) is 19.9. The van der Waals surface area contributed by atoms with Gasteiger partial charge in [0.1, 0.15) is 0 Å². The van der Waals surface area contributed by atoms with Crippen LogP contribution in [0.4, 0.5) is 0 Å². The zero-order valence-electron chi connectivity index (χ0n) is 18.6. The third-order valence-corrected chi connectivity index (χ3v) is 9.09. The molecule has 4 rings (SSSR count). The van der Waals surface area contributed by atoms with Gasteiger partial charge in [-0.25, -0.2) is 21.6 Å². The van der Waals surface area contributed by atoms with E-state index >= 15 is 0 Å². The first-order valence-corrected chi connectivity index (χ1v) is 14.8. The number of thiazole rings is 1. The number of aromatic nitrogens is 1. The lowest BCUT2D eigenvalue weighted by atomic mass is 10.1. The Morgan fingerprint density at radius 3 is 2.18 bits per heavy atom. The van der Waals surface area contributed by atoms with Gasteiger partial charge in [0.25, 0.3) is 0 Å². The van der Waals surface area contributed by atoms with Crippen molar-refractivity contribution in [2.75, 3.05) is 6.26 Å². The van der Waals surface area contributed by atoms with Crippen molar-refractivity contribution < 1.29 is 16.8 Å². The summed E-state index contributed by atoms with van der Waals surface area (Å²) in [6.45, 7) is 2.25. The Morgan fingerprint density at radius 1 is 0.912 bits per heavy atom. The highest BCUT2D eigenvalue weighted by atomic mass is 32.2. The van der Waals surface area contributed by atoms with Gasteiger partial charge >= 0.3 is 4.87 Å². The summed E-state index contributed by atoms with van der Waals surface area (Å²) >= 11 is 1.01. The van der Waals surface area contributed by atoms with E-state index < -0.39 is 25.9 Å². The van der Waals surface area contributed by atoms with Gasteiger partial charge in [-0.1, -0.05) is 60.7 Å². The SMILES string of the molecule is CC[C@@H](NS(=O)(=O)c1ccc2c(c1)sc(=O)n2Cc1ccccc1)c1ccc(S(C)(=O)=O)cc1. The van der Waals surface area contributed by atoms with Crippen LogP contribution in [0.25, 0.3) is 10.2 Å². The summed E-state index contributed by atoms with van der Waals surface area (Å²) in [5.41, 5.74) is 2.33. The van der Waals surface area contributed by atoms with Gasteiger partial charge in [0.15, 0.2) is 9.84 Å². The smallest absolute Gasteiger partial charge is 0.294 e. The van der Waals surface area contributed by atoms with Gasteiger partial charge in [-0.2, -0.15) is 0 Å². The molecule has 1 aromatic heterocycles. The second kappa shape index (κ2) is 9.46. The van der Waals surface area contributed by atoms with E-state index in [0.717, 1.165) is 23.2 Å². The van der Waals surface area contributed by atoms with Crippen molar-refractivity contribution in [3.63, 3.8) is 0 Å². The molecule has 0 aliphatic rings. The molecule has 1 heterocycles. The van der Waals surface area contributed by atoms with Crippen molar-refractivity contribution >= 4 is 41.4 Å². The standard InChI is InChI=1S/C24H24N2O5S3/c1-3-21(18-9-11-19(12-10-18)33(2,28)29)25-34(30,31)20-13-14-22-23(15-20)32-24(27)26(22)16-17-7-5-4-6-8-17/h4-15,21,25H,3,16H2,1-2H3/t21-/m1/s1. The van der Waals surface area contributed by atoms with E-state index in [4.69, 9.17) is 0 Å². The lowest BCUT2D eigenvalue weighted by Crippen LogP contribution is -2.28. The van der Waals surface area contributed by atoms with Crippen LogP contribution in [0, 0.1) is 0 Å². The predicted molar refractivity (Wildman–Crippen MR) is 135 cm³/mol. The van der Waals surface area contributed by atoms with Gasteiger partial charge in [0.05, 0.1) is 26.6 Å². The Kier molecular flexibility index (Phi) is 6.77. The van der Waals surface area contributed by atoms with E-state index in [2.05, 4.69) is 4.72 Å². The average molecular weight is 517 g/mol. The van der Waals surface area contributed by atoms with Gasteiger partial charge in [0, 0.05) is 12.3 Å². The van der Waals surface area contributed by atoms with Crippen LogP contribution >= 0.6 is 11.3 Å². The molecular weight excluding hydrogens is 492 g/mol. The molecule has 0 bridgehead atoms. The number of nitrogens with zero attached hydrogens (tertiary/aromatic N) is 1. The molecule has 0 radical (unpaired) electrons. The second-order valence-electron chi connectivity index (χ2n) is 7.99. The summed E-state index contributed by atoms with van der Waals surface area (Å²) < 4.78 is 54.6. The monoisotopic (exact) mass is 516 g/mol. The average Bonchev–Trinajstić information content (AvgIpc) is 3.12. The molecule has 34 heavy (non-hydrogen) atoms. The Hall–Kier alpha value is -2.79. The van der Waals surface area contributed by atoms with E-state index in [1.165, 1.54) is 24.3 Å². The lowest BCUT2D eigenvalue weighted by Gasteiger charge is -2.18. The normalized spacial score (nSPS) is 13.2. The van der Waals surface area contributed by atoms with E-state index in [1.54, 1.807) is 22.8 Å². The van der Waals surface area contributed by atoms with Crippen LogP contribution in [-0.2, 0) is 26.4 Å². The first-order chi connectivity index (χ1) is 16.1. The maximum atomic E-state index is 13.1. The molecule has 1 N–H and O–H groups in total. The van der Waals surface area contributed by atoms with E-state index in [0.29, 0.717) is 28.7 Å². The number of hydrogen-bond acceptors (Lipinski definition) is 6. The molecule has 0 amide bonds. The van der Waals surface area contributed by atoms with Crippen LogP contribution in [0.5, 0.6) is 0 Å². The van der Waals surface area contributed by atoms with Crippen LogP contribution in [0.3, 0.4) is 0 Å². The summed E-state index contributed by atoms with van der Waals surface area (Å²) in [5, 5.41) is 0. The maximum absolute atomic E-state index is 13.1. The molecule has 0 spiro atoms. The fourth-order valence-corrected chi connectivity index (χ4v) is 6.69. The van der Waals surface area contributed by atoms with Crippen molar-refractivity contribution in [1.82, 2.24) is 9.29 Å². The molecule has 0 saturated heterocycles. The number of sulfonamides is 1. The minimum atomic E-state index is -3.89. The van der Waals surface area contributed by atoms with Gasteiger partial charge < -0.3 is 0 Å². The number of hydrogen-bond donors (Lipinski definition) is 1. The Bertz CT molecular complexity index is 1590. The van der Waals surface area contributed by atoms with Crippen LogP contribution in [-0.4, -0.2) is 27.7 Å². The van der Waals surface area contributed by atoms with E-state index in [9.17, 15) is 21.6 Å². The molecule has 0 fully saturated rings. The molecule has 0 unspecified atom stereocenters. The van der Waals surface area contributed by atoms with Gasteiger partial charge in [-0.05, 0) is 47.9 Å². The zero-order valence-corrected chi connectivity index (χ0v) is 21.1.